The van der Waals surface area contributed by atoms with Crippen LogP contribution in [0.4, 0.5) is 52.7 Å². The van der Waals surface area contributed by atoms with Gasteiger partial charge in [0.1, 0.15) is 11.5 Å². The molecule has 0 atom stereocenters. The third kappa shape index (κ3) is 10.4. The van der Waals surface area contributed by atoms with Crippen molar-refractivity contribution in [3.8, 4) is 33.8 Å². The number of ether oxygens (including phenoxy) is 3. The number of nitrogens with zero attached hydrogens (tertiary/aromatic N) is 6. The van der Waals surface area contributed by atoms with Crippen LogP contribution in [0.1, 0.15) is 23.0 Å². The van der Waals surface area contributed by atoms with Crippen molar-refractivity contribution < 1.29 is 72.0 Å². The Hall–Kier alpha value is -4.91. The fourth-order valence-electron chi connectivity index (χ4n) is 5.09. The Kier molecular flexibility index (Phi) is 13.1. The predicted octanol–water partition coefficient (Wildman–Crippen LogP) is 9.32. The second kappa shape index (κ2) is 16.8. The monoisotopic (exact) mass is 910 g/mol. The molecule has 23 heteroatoms. The summed E-state index contributed by atoms with van der Waals surface area (Å²) in [5, 5.41) is 22.8. The van der Waals surface area contributed by atoms with E-state index in [9.17, 15) is 57.8 Å². The van der Waals surface area contributed by atoms with Gasteiger partial charge in [0.25, 0.3) is 0 Å². The number of rotatable bonds is 7. The summed E-state index contributed by atoms with van der Waals surface area (Å²) < 4.78 is 166. The first-order chi connectivity index (χ1) is 25.7. The lowest BCUT2D eigenvalue weighted by atomic mass is 10.0. The van der Waals surface area contributed by atoms with E-state index in [4.69, 9.17) is 4.74 Å². The van der Waals surface area contributed by atoms with E-state index in [-0.39, 0.29) is 40.4 Å². The summed E-state index contributed by atoms with van der Waals surface area (Å²) >= 11 is 2.15. The number of pyridine rings is 2. The summed E-state index contributed by atoms with van der Waals surface area (Å²) in [7, 11) is 1.31. The average molecular weight is 910 g/mol. The molecule has 0 aliphatic heterocycles. The van der Waals surface area contributed by atoms with Gasteiger partial charge in [-0.05, 0) is 64.6 Å². The van der Waals surface area contributed by atoms with Crippen LogP contribution in [-0.2, 0) is 30.3 Å². The lowest BCUT2D eigenvalue weighted by molar-refractivity contribution is -0.275. The number of alkyl halides is 13. The predicted molar refractivity (Wildman–Crippen MR) is 177 cm³/mol. The zero-order valence-corrected chi connectivity index (χ0v) is 29.8. The molecule has 0 bridgehead atoms. The summed E-state index contributed by atoms with van der Waals surface area (Å²) in [6, 6.07) is 14.7. The van der Waals surface area contributed by atoms with Gasteiger partial charge in [0, 0.05) is 18.2 Å². The molecule has 0 spiro atoms. The highest BCUT2D eigenvalue weighted by Gasteiger charge is 2.39. The van der Waals surface area contributed by atoms with Crippen LogP contribution in [0.25, 0.3) is 33.5 Å². The molecule has 10 nitrogen and oxygen atoms in total. The quantitative estimate of drug-likeness (QED) is 0.0960. The van der Waals surface area contributed by atoms with Gasteiger partial charge in [-0.2, -0.15) is 26.3 Å². The first-order valence-electron chi connectivity index (χ1n) is 14.8. The normalized spacial score (nSPS) is 12.2. The molecule has 0 saturated carbocycles. The van der Waals surface area contributed by atoms with E-state index in [0.29, 0.717) is 15.5 Å². The Morgan fingerprint density at radius 1 is 0.545 bits per heavy atom. The van der Waals surface area contributed by atoms with Gasteiger partial charge in [0.15, 0.2) is 11.3 Å². The molecule has 6 rings (SSSR count). The van der Waals surface area contributed by atoms with Gasteiger partial charge >= 0.3 is 25.1 Å². The summed E-state index contributed by atoms with van der Waals surface area (Å²) in [6.45, 7) is -0.969. The number of methoxy groups -OCH3 is 1. The minimum absolute atomic E-state index is 0.0323. The van der Waals surface area contributed by atoms with E-state index >= 15 is 0 Å². The standard InChI is InChI=1S/C16H11F6N3O2.C15H9F6N3O2.CH3I/c1-26-8-12-11(9-2-4-10(5-3-9)27-16(20,21)22)6-7-13-23-24-14(25(12)13)15(17,18)19;16-14(17,18)13-23-22-12-6-5-10(11(7-25)24(12)13)8-1-3-9(4-2-8)26-15(19,20)21;1-2/h2-7H,8H2,1H3;1-6,25H,7H2;1H3. The highest BCUT2D eigenvalue weighted by molar-refractivity contribution is 14.1. The topological polar surface area (TPSA) is 108 Å². The second-order valence-electron chi connectivity index (χ2n) is 10.6. The van der Waals surface area contributed by atoms with Crippen LogP contribution >= 0.6 is 22.6 Å². The van der Waals surface area contributed by atoms with Crippen molar-refractivity contribution in [1.82, 2.24) is 29.2 Å². The van der Waals surface area contributed by atoms with Crippen molar-refractivity contribution in [3.05, 3.63) is 95.8 Å². The van der Waals surface area contributed by atoms with Crippen LogP contribution in [0.15, 0.2) is 72.8 Å². The van der Waals surface area contributed by atoms with Gasteiger partial charge in [0.2, 0.25) is 11.6 Å². The molecule has 4 aromatic heterocycles. The SMILES string of the molecule is CI.COCc1c(-c2ccc(OC(F)(F)F)cc2)ccc2nnc(C(F)(F)F)n12.OCc1c(-c2ccc(OC(F)(F)F)cc2)ccc2nnc(C(F)(F)F)n12. The smallest absolute Gasteiger partial charge is 0.406 e. The molecule has 0 aliphatic carbocycles. The third-order valence-corrected chi connectivity index (χ3v) is 7.07. The molecule has 2 aromatic carbocycles. The van der Waals surface area contributed by atoms with Crippen LogP contribution < -0.4 is 9.47 Å². The van der Waals surface area contributed by atoms with Crippen molar-refractivity contribution >= 4 is 33.9 Å². The van der Waals surface area contributed by atoms with E-state index in [1.807, 2.05) is 4.93 Å². The molecule has 55 heavy (non-hydrogen) atoms. The zero-order chi connectivity index (χ0) is 40.9. The van der Waals surface area contributed by atoms with E-state index in [1.165, 1.54) is 55.6 Å². The maximum absolute atomic E-state index is 13.2. The molecule has 296 valence electrons. The number of aromatic nitrogens is 6. The molecule has 1 N–H and O–H groups in total. The van der Waals surface area contributed by atoms with Crippen molar-refractivity contribution in [3.63, 3.8) is 0 Å². The number of hydrogen-bond donors (Lipinski definition) is 1. The molecule has 0 unspecified atom stereocenters. The fraction of sp³-hybridized carbons (Fsp3) is 0.250. The van der Waals surface area contributed by atoms with E-state index in [2.05, 4.69) is 52.5 Å². The lowest BCUT2D eigenvalue weighted by Crippen LogP contribution is -2.17. The largest absolute Gasteiger partial charge is 0.573 e. The Bertz CT molecular complexity index is 2200. The van der Waals surface area contributed by atoms with Gasteiger partial charge in [-0.15, -0.1) is 46.7 Å². The van der Waals surface area contributed by atoms with Crippen LogP contribution in [0.2, 0.25) is 0 Å². The first kappa shape index (κ1) is 42.8. The lowest BCUT2D eigenvalue weighted by Gasteiger charge is -2.15. The van der Waals surface area contributed by atoms with Crippen molar-refractivity contribution in [1.29, 1.82) is 0 Å². The molecule has 0 amide bonds. The van der Waals surface area contributed by atoms with Crippen LogP contribution in [0.5, 0.6) is 11.5 Å². The van der Waals surface area contributed by atoms with Crippen molar-refractivity contribution in [2.45, 2.75) is 38.3 Å². The van der Waals surface area contributed by atoms with Crippen molar-refractivity contribution in [2.75, 3.05) is 12.0 Å². The summed E-state index contributed by atoms with van der Waals surface area (Å²) in [6.07, 6.45) is -19.2. The van der Waals surface area contributed by atoms with Gasteiger partial charge in [0.05, 0.1) is 24.6 Å². The van der Waals surface area contributed by atoms with Gasteiger partial charge in [-0.1, -0.05) is 46.9 Å². The number of halogens is 13. The van der Waals surface area contributed by atoms with Crippen LogP contribution in [0.3, 0.4) is 0 Å². The maximum atomic E-state index is 13.2. The molecule has 0 radical (unpaired) electrons. The zero-order valence-electron chi connectivity index (χ0n) is 27.6. The third-order valence-electron chi connectivity index (χ3n) is 7.07. The average Bonchev–Trinajstić information content (AvgIpc) is 3.75. The number of aliphatic hydroxyl groups excluding tert-OH is 1. The Balaban J connectivity index is 0.000000234. The molecule has 0 saturated heterocycles. The van der Waals surface area contributed by atoms with Crippen LogP contribution in [-0.4, -0.2) is 59.1 Å². The molecule has 0 aliphatic rings. The molecule has 4 heterocycles. The minimum Gasteiger partial charge on any atom is -0.406 e. The van der Waals surface area contributed by atoms with Gasteiger partial charge in [-0.25, -0.2) is 0 Å². The number of fused-ring (bicyclic) bond motifs is 2. The highest BCUT2D eigenvalue weighted by Crippen LogP contribution is 2.35. The van der Waals surface area contributed by atoms with Crippen LogP contribution in [0, 0.1) is 0 Å². The summed E-state index contributed by atoms with van der Waals surface area (Å²) in [4.78, 5) is 1.97. The number of aliphatic hydroxyl groups is 1. The molecule has 0 fully saturated rings. The first-order valence-corrected chi connectivity index (χ1v) is 16.9. The Labute approximate surface area is 314 Å². The Morgan fingerprint density at radius 3 is 1.24 bits per heavy atom. The summed E-state index contributed by atoms with van der Waals surface area (Å²) in [5.41, 5.74) is 0.975. The Morgan fingerprint density at radius 2 is 0.909 bits per heavy atom. The molecular formula is C32H23F12IN6O4. The van der Waals surface area contributed by atoms with Gasteiger partial charge < -0.3 is 19.3 Å². The van der Waals surface area contributed by atoms with E-state index in [0.717, 1.165) is 28.7 Å². The van der Waals surface area contributed by atoms with Gasteiger partial charge in [-0.3, -0.25) is 8.80 Å². The highest BCUT2D eigenvalue weighted by atomic mass is 127. The van der Waals surface area contributed by atoms with E-state index in [1.54, 1.807) is 0 Å². The summed E-state index contributed by atoms with van der Waals surface area (Å²) in [5.74, 6) is -3.45. The minimum atomic E-state index is -4.86. The number of hydrogen-bond acceptors (Lipinski definition) is 8. The fourth-order valence-corrected chi connectivity index (χ4v) is 5.09. The van der Waals surface area contributed by atoms with Crippen molar-refractivity contribution in [2.24, 2.45) is 0 Å². The van der Waals surface area contributed by atoms with E-state index < -0.39 is 54.8 Å². The molecule has 6 aromatic rings. The second-order valence-corrected chi connectivity index (χ2v) is 10.6. The maximum Gasteiger partial charge on any atom is 0.573 e. The number of benzene rings is 2. The molecular weight excluding hydrogens is 887 g/mol.